The van der Waals surface area contributed by atoms with Crippen molar-refractivity contribution in [2.24, 2.45) is 0 Å². The summed E-state index contributed by atoms with van der Waals surface area (Å²) in [5.41, 5.74) is 1.04. The van der Waals surface area contributed by atoms with Crippen LogP contribution in [0.5, 0.6) is 0 Å². The summed E-state index contributed by atoms with van der Waals surface area (Å²) < 4.78 is 22.6. The maximum atomic E-state index is 11.8. The summed E-state index contributed by atoms with van der Waals surface area (Å²) in [6.07, 6.45) is 0.501. The van der Waals surface area contributed by atoms with Crippen LogP contribution in [0.1, 0.15) is 24.9 Å². The number of carbonyl (C=O) groups excluding carboxylic acids is 1. The van der Waals surface area contributed by atoms with E-state index in [0.717, 1.165) is 5.56 Å². The summed E-state index contributed by atoms with van der Waals surface area (Å²) in [6, 6.07) is 7.18. The van der Waals surface area contributed by atoms with Crippen molar-refractivity contribution in [3.63, 3.8) is 0 Å². The average molecular weight is 331 g/mol. The van der Waals surface area contributed by atoms with Crippen molar-refractivity contribution in [2.75, 3.05) is 18.1 Å². The zero-order valence-electron chi connectivity index (χ0n) is 11.8. The molecule has 1 aliphatic rings. The fourth-order valence-electron chi connectivity index (χ4n) is 2.30. The van der Waals surface area contributed by atoms with Gasteiger partial charge in [-0.1, -0.05) is 23.7 Å². The standard InChI is InChI=1S/C14H19ClN2O3S/c1-10(11-2-4-12(15)5-3-11)16-8-14(18)17-13-6-7-21(19,20)9-13/h2-5,10,13,16H,6-9H2,1H3,(H,17,18)/t10-,13+/m0/s1. The van der Waals surface area contributed by atoms with E-state index < -0.39 is 9.84 Å². The normalized spacial score (nSPS) is 21.9. The monoisotopic (exact) mass is 330 g/mol. The quantitative estimate of drug-likeness (QED) is 0.853. The highest BCUT2D eigenvalue weighted by atomic mass is 35.5. The molecule has 0 aliphatic carbocycles. The first kappa shape index (κ1) is 16.3. The Kier molecular flexibility index (Phi) is 5.24. The van der Waals surface area contributed by atoms with Crippen LogP contribution in [0.4, 0.5) is 0 Å². The maximum Gasteiger partial charge on any atom is 0.234 e. The Morgan fingerprint density at radius 2 is 2.05 bits per heavy atom. The van der Waals surface area contributed by atoms with Crippen LogP contribution >= 0.6 is 11.6 Å². The number of hydrogen-bond acceptors (Lipinski definition) is 4. The van der Waals surface area contributed by atoms with Gasteiger partial charge in [0, 0.05) is 17.1 Å². The number of benzene rings is 1. The molecular formula is C14H19ClN2O3S. The van der Waals surface area contributed by atoms with Crippen molar-refractivity contribution in [1.29, 1.82) is 0 Å². The first-order valence-electron chi connectivity index (χ1n) is 6.84. The van der Waals surface area contributed by atoms with E-state index in [4.69, 9.17) is 11.6 Å². The molecule has 0 saturated carbocycles. The van der Waals surface area contributed by atoms with Crippen LogP contribution in [0.2, 0.25) is 5.02 Å². The van der Waals surface area contributed by atoms with Crippen LogP contribution < -0.4 is 10.6 Å². The molecule has 0 spiro atoms. The van der Waals surface area contributed by atoms with Gasteiger partial charge in [-0.15, -0.1) is 0 Å². The molecule has 1 aromatic rings. The van der Waals surface area contributed by atoms with Crippen LogP contribution in [0.15, 0.2) is 24.3 Å². The van der Waals surface area contributed by atoms with Crippen molar-refractivity contribution < 1.29 is 13.2 Å². The Morgan fingerprint density at radius 3 is 2.62 bits per heavy atom. The number of amides is 1. The van der Waals surface area contributed by atoms with Crippen molar-refractivity contribution in [1.82, 2.24) is 10.6 Å². The third-order valence-electron chi connectivity index (χ3n) is 3.54. The van der Waals surface area contributed by atoms with Gasteiger partial charge in [-0.2, -0.15) is 0 Å². The van der Waals surface area contributed by atoms with Gasteiger partial charge < -0.3 is 10.6 Å². The second-order valence-corrected chi connectivity index (χ2v) is 7.99. The average Bonchev–Trinajstić information content (AvgIpc) is 2.76. The lowest BCUT2D eigenvalue weighted by molar-refractivity contribution is -0.120. The second kappa shape index (κ2) is 6.77. The zero-order valence-corrected chi connectivity index (χ0v) is 13.4. The highest BCUT2D eigenvalue weighted by molar-refractivity contribution is 7.91. The van der Waals surface area contributed by atoms with Crippen LogP contribution in [0.3, 0.4) is 0 Å². The van der Waals surface area contributed by atoms with Gasteiger partial charge in [-0.25, -0.2) is 8.42 Å². The summed E-state index contributed by atoms with van der Waals surface area (Å²) in [5, 5.41) is 6.53. The van der Waals surface area contributed by atoms with Gasteiger partial charge in [-0.05, 0) is 31.0 Å². The molecule has 1 amide bonds. The smallest absolute Gasteiger partial charge is 0.234 e. The Bertz CT molecular complexity index is 601. The minimum Gasteiger partial charge on any atom is -0.351 e. The summed E-state index contributed by atoms with van der Waals surface area (Å²) >= 11 is 5.83. The van der Waals surface area contributed by atoms with Crippen LogP contribution in [-0.2, 0) is 14.6 Å². The first-order valence-corrected chi connectivity index (χ1v) is 9.04. The molecule has 1 aliphatic heterocycles. The predicted octanol–water partition coefficient (Wildman–Crippen LogP) is 1.29. The summed E-state index contributed by atoms with van der Waals surface area (Å²) in [4.78, 5) is 11.8. The molecule has 5 nitrogen and oxygen atoms in total. The molecule has 2 N–H and O–H groups in total. The van der Waals surface area contributed by atoms with E-state index in [9.17, 15) is 13.2 Å². The van der Waals surface area contributed by atoms with Gasteiger partial charge in [0.25, 0.3) is 0 Å². The minimum atomic E-state index is -2.97. The molecule has 0 bridgehead atoms. The Hall–Kier alpha value is -1.11. The highest BCUT2D eigenvalue weighted by Gasteiger charge is 2.28. The third-order valence-corrected chi connectivity index (χ3v) is 5.56. The van der Waals surface area contributed by atoms with E-state index >= 15 is 0 Å². The van der Waals surface area contributed by atoms with E-state index in [1.54, 1.807) is 12.1 Å². The predicted molar refractivity (Wildman–Crippen MR) is 83.1 cm³/mol. The highest BCUT2D eigenvalue weighted by Crippen LogP contribution is 2.15. The summed E-state index contributed by atoms with van der Waals surface area (Å²) in [5.74, 6) is 0.0239. The molecule has 21 heavy (non-hydrogen) atoms. The number of hydrogen-bond donors (Lipinski definition) is 2. The molecule has 1 aromatic carbocycles. The molecule has 1 fully saturated rings. The topological polar surface area (TPSA) is 75.3 Å². The number of halogens is 1. The van der Waals surface area contributed by atoms with Gasteiger partial charge in [0.05, 0.1) is 18.1 Å². The molecule has 0 aromatic heterocycles. The number of sulfone groups is 1. The number of carbonyl (C=O) groups is 1. The Labute approximate surface area is 130 Å². The van der Waals surface area contributed by atoms with Crippen LogP contribution in [0, 0.1) is 0 Å². The van der Waals surface area contributed by atoms with Gasteiger partial charge in [0.2, 0.25) is 5.91 Å². The van der Waals surface area contributed by atoms with E-state index in [0.29, 0.717) is 11.4 Å². The second-order valence-electron chi connectivity index (χ2n) is 5.32. The molecule has 2 atom stereocenters. The summed E-state index contributed by atoms with van der Waals surface area (Å²) in [6.45, 7) is 2.11. The SMILES string of the molecule is C[C@H](NCC(=O)N[C@@H]1CCS(=O)(=O)C1)c1ccc(Cl)cc1. The molecule has 2 rings (SSSR count). The largest absolute Gasteiger partial charge is 0.351 e. The number of nitrogens with one attached hydrogen (secondary N) is 2. The van der Waals surface area contributed by atoms with E-state index in [-0.39, 0.29) is 36.0 Å². The number of rotatable bonds is 5. The third kappa shape index (κ3) is 4.98. The fourth-order valence-corrected chi connectivity index (χ4v) is 4.10. The van der Waals surface area contributed by atoms with Gasteiger partial charge in [0.1, 0.15) is 0 Å². The Morgan fingerprint density at radius 1 is 1.38 bits per heavy atom. The lowest BCUT2D eigenvalue weighted by Gasteiger charge is -2.16. The van der Waals surface area contributed by atoms with E-state index in [1.165, 1.54) is 0 Å². The Balaban J connectivity index is 1.77. The zero-order chi connectivity index (χ0) is 15.5. The molecule has 7 heteroatoms. The van der Waals surface area contributed by atoms with Crippen LogP contribution in [0.25, 0.3) is 0 Å². The van der Waals surface area contributed by atoms with Crippen molar-refractivity contribution >= 4 is 27.3 Å². The fraction of sp³-hybridized carbons (Fsp3) is 0.500. The van der Waals surface area contributed by atoms with Crippen molar-refractivity contribution in [2.45, 2.75) is 25.4 Å². The first-order chi connectivity index (χ1) is 9.85. The van der Waals surface area contributed by atoms with Gasteiger partial charge >= 0.3 is 0 Å². The van der Waals surface area contributed by atoms with Gasteiger partial charge in [0.15, 0.2) is 9.84 Å². The maximum absolute atomic E-state index is 11.8. The molecule has 0 radical (unpaired) electrons. The van der Waals surface area contributed by atoms with Crippen molar-refractivity contribution in [3.05, 3.63) is 34.9 Å². The minimum absolute atomic E-state index is 0.0142. The lowest BCUT2D eigenvalue weighted by Crippen LogP contribution is -2.41. The molecular weight excluding hydrogens is 312 g/mol. The molecule has 1 heterocycles. The van der Waals surface area contributed by atoms with Gasteiger partial charge in [-0.3, -0.25) is 4.79 Å². The van der Waals surface area contributed by atoms with Crippen molar-refractivity contribution in [3.8, 4) is 0 Å². The van der Waals surface area contributed by atoms with E-state index in [1.807, 2.05) is 19.1 Å². The molecule has 116 valence electrons. The molecule has 0 unspecified atom stereocenters. The summed E-state index contributed by atoms with van der Waals surface area (Å²) in [7, 11) is -2.97. The van der Waals surface area contributed by atoms with Crippen LogP contribution in [-0.4, -0.2) is 38.4 Å². The molecule has 1 saturated heterocycles. The van der Waals surface area contributed by atoms with E-state index in [2.05, 4.69) is 10.6 Å². The lowest BCUT2D eigenvalue weighted by atomic mass is 10.1.